The number of rotatable bonds is 10. The number of carbonyl (C=O) groups is 1. The van der Waals surface area contributed by atoms with Gasteiger partial charge < -0.3 is 21.3 Å². The molecule has 0 saturated heterocycles. The van der Waals surface area contributed by atoms with E-state index in [1.54, 1.807) is 24.3 Å². The van der Waals surface area contributed by atoms with Gasteiger partial charge in [-0.05, 0) is 56.4 Å². The van der Waals surface area contributed by atoms with Crippen LogP contribution in [-0.2, 0) is 9.63 Å². The maximum Gasteiger partial charge on any atom is 0.341 e. The predicted molar refractivity (Wildman–Crippen MR) is 103 cm³/mol. The predicted octanol–water partition coefficient (Wildman–Crippen LogP) is 1.41. The third-order valence-electron chi connectivity index (χ3n) is 5.06. The number of benzene rings is 1. The number of hydrogen-bond donors (Lipinski definition) is 4. The molecule has 1 aliphatic rings. The Morgan fingerprint density at radius 3 is 2.48 bits per heavy atom. The fourth-order valence-corrected chi connectivity index (χ4v) is 3.10. The molecule has 0 amide bonds. The molecule has 2 unspecified atom stereocenters. The summed E-state index contributed by atoms with van der Waals surface area (Å²) in [7, 11) is 0. The normalized spacial score (nSPS) is 23.2. The fraction of sp³-hybridized carbons (Fsp3) is 0.579. The van der Waals surface area contributed by atoms with Crippen LogP contribution < -0.4 is 22.1 Å². The van der Waals surface area contributed by atoms with E-state index in [4.69, 9.17) is 26.9 Å². The lowest BCUT2D eigenvalue weighted by molar-refractivity contribution is -0.178. The summed E-state index contributed by atoms with van der Waals surface area (Å²) in [5, 5.41) is 9.44. The van der Waals surface area contributed by atoms with Crippen LogP contribution in [0.15, 0.2) is 29.3 Å². The molecule has 0 radical (unpaired) electrons. The van der Waals surface area contributed by atoms with Crippen molar-refractivity contribution in [1.29, 1.82) is 0 Å². The van der Waals surface area contributed by atoms with E-state index < -0.39 is 17.7 Å². The highest BCUT2D eigenvalue weighted by Crippen LogP contribution is 2.26. The summed E-state index contributed by atoms with van der Waals surface area (Å²) in [6.07, 6.45) is 2.46. The van der Waals surface area contributed by atoms with Crippen LogP contribution in [0.1, 0.15) is 45.1 Å². The molecule has 1 saturated carbocycles. The number of ether oxygens (including phenoxy) is 1. The minimum atomic E-state index is -1.64. The van der Waals surface area contributed by atoms with Crippen molar-refractivity contribution in [3.8, 4) is 5.75 Å². The van der Waals surface area contributed by atoms with Crippen LogP contribution >= 0.6 is 0 Å². The van der Waals surface area contributed by atoms with Gasteiger partial charge in [-0.15, -0.1) is 0 Å². The first-order valence-electron chi connectivity index (χ1n) is 9.24. The zero-order chi connectivity index (χ0) is 20.0. The topological polar surface area (TPSA) is 146 Å². The maximum atomic E-state index is 11.6. The Kier molecular flexibility index (Phi) is 7.18. The monoisotopic (exact) mass is 378 g/mol. The summed E-state index contributed by atoms with van der Waals surface area (Å²) in [4.78, 5) is 20.7. The first kappa shape index (κ1) is 21.1. The largest absolute Gasteiger partial charge is 0.487 e. The van der Waals surface area contributed by atoms with E-state index in [-0.39, 0.29) is 0 Å². The van der Waals surface area contributed by atoms with Crippen molar-refractivity contribution >= 4 is 11.8 Å². The molecule has 2 rings (SSSR count). The third kappa shape index (κ3) is 5.18. The molecule has 0 aliphatic heterocycles. The van der Waals surface area contributed by atoms with Crippen molar-refractivity contribution in [2.45, 2.75) is 57.3 Å². The lowest BCUT2D eigenvalue weighted by Crippen LogP contribution is -2.53. The summed E-state index contributed by atoms with van der Waals surface area (Å²) in [6.45, 7) is 4.02. The SMILES string of the molecule is CCCC(Oc1ccc(C(N)=NCC2CC(N)C2)cc1)C(C)(ON)C(=O)O. The molecule has 0 bridgehead atoms. The van der Waals surface area contributed by atoms with Gasteiger partial charge in [0.2, 0.25) is 5.60 Å². The fourth-order valence-electron chi connectivity index (χ4n) is 3.10. The van der Waals surface area contributed by atoms with Crippen LogP contribution in [-0.4, -0.2) is 41.2 Å². The summed E-state index contributed by atoms with van der Waals surface area (Å²) < 4.78 is 5.86. The number of nitrogens with two attached hydrogens (primary N) is 3. The summed E-state index contributed by atoms with van der Waals surface area (Å²) >= 11 is 0. The van der Waals surface area contributed by atoms with E-state index in [0.717, 1.165) is 24.8 Å². The van der Waals surface area contributed by atoms with Crippen LogP contribution in [0.4, 0.5) is 0 Å². The van der Waals surface area contributed by atoms with Gasteiger partial charge in [0, 0.05) is 18.2 Å². The highest BCUT2D eigenvalue weighted by atomic mass is 16.7. The van der Waals surface area contributed by atoms with Gasteiger partial charge in [0.1, 0.15) is 17.7 Å². The number of carboxylic acid groups (broad SMARTS) is 1. The molecule has 7 N–H and O–H groups in total. The average molecular weight is 378 g/mol. The van der Waals surface area contributed by atoms with Crippen molar-refractivity contribution in [3.05, 3.63) is 29.8 Å². The second-order valence-electron chi connectivity index (χ2n) is 7.27. The molecule has 1 aromatic rings. The van der Waals surface area contributed by atoms with E-state index >= 15 is 0 Å². The van der Waals surface area contributed by atoms with Gasteiger partial charge in [0.05, 0.1) is 0 Å². The van der Waals surface area contributed by atoms with Crippen LogP contribution in [0.25, 0.3) is 0 Å². The first-order valence-corrected chi connectivity index (χ1v) is 9.24. The van der Waals surface area contributed by atoms with Crippen molar-refractivity contribution in [3.63, 3.8) is 0 Å². The zero-order valence-electron chi connectivity index (χ0n) is 15.9. The second kappa shape index (κ2) is 9.16. The lowest BCUT2D eigenvalue weighted by Gasteiger charge is -2.32. The highest BCUT2D eigenvalue weighted by Gasteiger charge is 2.44. The summed E-state index contributed by atoms with van der Waals surface area (Å²) in [6, 6.07) is 7.36. The van der Waals surface area contributed by atoms with Crippen LogP contribution in [0.2, 0.25) is 0 Å². The molecule has 0 heterocycles. The Balaban J connectivity index is 2.04. The highest BCUT2D eigenvalue weighted by molar-refractivity contribution is 5.97. The number of aliphatic carboxylic acids is 1. The quantitative estimate of drug-likeness (QED) is 0.273. The summed E-state index contributed by atoms with van der Waals surface area (Å²) in [5.41, 5.74) is 11.0. The van der Waals surface area contributed by atoms with Crippen LogP contribution in [0.5, 0.6) is 5.75 Å². The Morgan fingerprint density at radius 1 is 1.37 bits per heavy atom. The molecule has 2 atom stereocenters. The van der Waals surface area contributed by atoms with Gasteiger partial charge in [-0.1, -0.05) is 13.3 Å². The molecular formula is C19H30N4O4. The van der Waals surface area contributed by atoms with Crippen molar-refractivity contribution in [2.24, 2.45) is 28.3 Å². The summed E-state index contributed by atoms with van der Waals surface area (Å²) in [5.74, 6) is 5.56. The van der Waals surface area contributed by atoms with E-state index in [2.05, 4.69) is 4.99 Å². The Labute approximate surface area is 159 Å². The second-order valence-corrected chi connectivity index (χ2v) is 7.27. The van der Waals surface area contributed by atoms with Crippen molar-refractivity contribution in [1.82, 2.24) is 0 Å². The van der Waals surface area contributed by atoms with E-state index in [1.165, 1.54) is 6.92 Å². The van der Waals surface area contributed by atoms with E-state index in [9.17, 15) is 9.90 Å². The molecule has 1 fully saturated rings. The minimum absolute atomic E-state index is 0.299. The van der Waals surface area contributed by atoms with Gasteiger partial charge in [0.15, 0.2) is 0 Å². The molecule has 1 aromatic carbocycles. The maximum absolute atomic E-state index is 11.6. The molecule has 8 nitrogen and oxygen atoms in total. The molecule has 0 spiro atoms. The van der Waals surface area contributed by atoms with Gasteiger partial charge in [-0.25, -0.2) is 10.7 Å². The number of nitrogens with zero attached hydrogens (tertiary/aromatic N) is 1. The number of aliphatic imine (C=N–C) groups is 1. The molecule has 0 aromatic heterocycles. The first-order chi connectivity index (χ1) is 12.8. The molecule has 150 valence electrons. The van der Waals surface area contributed by atoms with Gasteiger partial charge in [-0.3, -0.25) is 9.83 Å². The molecule has 1 aliphatic carbocycles. The van der Waals surface area contributed by atoms with E-state index in [1.807, 2.05) is 6.92 Å². The van der Waals surface area contributed by atoms with Gasteiger partial charge >= 0.3 is 5.97 Å². The smallest absolute Gasteiger partial charge is 0.341 e. The Morgan fingerprint density at radius 2 is 2.00 bits per heavy atom. The minimum Gasteiger partial charge on any atom is -0.487 e. The average Bonchev–Trinajstić information content (AvgIpc) is 2.63. The zero-order valence-corrected chi connectivity index (χ0v) is 15.9. The van der Waals surface area contributed by atoms with Crippen LogP contribution in [0, 0.1) is 5.92 Å². The standard InChI is InChI=1S/C19H30N4O4/c1-3-4-16(19(2,27-22)18(24)25)26-15-7-5-13(6-8-15)17(21)23-11-12-9-14(20)10-12/h5-8,12,14,16H,3-4,9-11,20,22H2,1-2H3,(H2,21,23)(H,24,25). The van der Waals surface area contributed by atoms with Crippen molar-refractivity contribution in [2.75, 3.05) is 6.54 Å². The van der Waals surface area contributed by atoms with Crippen LogP contribution in [0.3, 0.4) is 0 Å². The van der Waals surface area contributed by atoms with Gasteiger partial charge in [0.25, 0.3) is 0 Å². The van der Waals surface area contributed by atoms with Crippen molar-refractivity contribution < 1.29 is 19.5 Å². The number of carboxylic acids is 1. The molecule has 27 heavy (non-hydrogen) atoms. The Bertz CT molecular complexity index is 658. The molecule has 8 heteroatoms. The van der Waals surface area contributed by atoms with E-state index in [0.29, 0.717) is 36.5 Å². The number of amidine groups is 1. The van der Waals surface area contributed by atoms with Gasteiger partial charge in [-0.2, -0.15) is 0 Å². The molecular weight excluding hydrogens is 348 g/mol. The number of hydrogen-bond acceptors (Lipinski definition) is 6. The third-order valence-corrected chi connectivity index (χ3v) is 5.06. The Hall–Kier alpha value is -2.16. The lowest BCUT2D eigenvalue weighted by atomic mass is 9.81.